The summed E-state index contributed by atoms with van der Waals surface area (Å²) in [6.45, 7) is 6.17. The Hall–Kier alpha value is -2.42. The maximum Gasteiger partial charge on any atom is 0.261 e. The zero-order chi connectivity index (χ0) is 21.4. The number of sulfonamides is 1. The van der Waals surface area contributed by atoms with Gasteiger partial charge in [0.1, 0.15) is 0 Å². The molecular formula is C22H30N4O3S. The summed E-state index contributed by atoms with van der Waals surface area (Å²) in [5.41, 5.74) is 0.930. The van der Waals surface area contributed by atoms with Gasteiger partial charge in [-0.2, -0.15) is 0 Å². The molecule has 8 heteroatoms. The minimum absolute atomic E-state index is 0.146. The summed E-state index contributed by atoms with van der Waals surface area (Å²) in [5.74, 6) is -0.146. The van der Waals surface area contributed by atoms with E-state index in [-0.39, 0.29) is 10.8 Å². The highest BCUT2D eigenvalue weighted by Gasteiger charge is 2.14. The summed E-state index contributed by atoms with van der Waals surface area (Å²) in [6.07, 6.45) is 2.00. The minimum atomic E-state index is -3.64. The van der Waals surface area contributed by atoms with Crippen molar-refractivity contribution in [2.45, 2.75) is 17.7 Å². The van der Waals surface area contributed by atoms with Crippen molar-refractivity contribution < 1.29 is 13.2 Å². The molecule has 0 unspecified atom stereocenters. The van der Waals surface area contributed by atoms with Crippen LogP contribution < -0.4 is 10.0 Å². The zero-order valence-corrected chi connectivity index (χ0v) is 18.2. The van der Waals surface area contributed by atoms with Crippen molar-refractivity contribution in [1.82, 2.24) is 15.1 Å². The number of nitrogens with zero attached hydrogens (tertiary/aromatic N) is 2. The fourth-order valence-electron chi connectivity index (χ4n) is 3.34. The Morgan fingerprint density at radius 2 is 1.60 bits per heavy atom. The normalized spacial score (nSPS) is 15.6. The Kier molecular flexibility index (Phi) is 7.84. The lowest BCUT2D eigenvalue weighted by molar-refractivity contribution is 0.0952. The zero-order valence-electron chi connectivity index (χ0n) is 17.4. The number of nitrogens with one attached hydrogen (secondary N) is 2. The summed E-state index contributed by atoms with van der Waals surface area (Å²) >= 11 is 0. The van der Waals surface area contributed by atoms with E-state index in [1.54, 1.807) is 42.5 Å². The lowest BCUT2D eigenvalue weighted by Crippen LogP contribution is -2.44. The Morgan fingerprint density at radius 1 is 0.933 bits per heavy atom. The molecule has 1 aliphatic heterocycles. The van der Waals surface area contributed by atoms with Crippen LogP contribution in [0.15, 0.2) is 59.5 Å². The van der Waals surface area contributed by atoms with Gasteiger partial charge in [-0.3, -0.25) is 9.52 Å². The number of likely N-dealkylation sites (N-methyl/N-ethyl adjacent to an activating group) is 1. The Morgan fingerprint density at radius 3 is 2.27 bits per heavy atom. The van der Waals surface area contributed by atoms with E-state index < -0.39 is 10.0 Å². The van der Waals surface area contributed by atoms with Crippen LogP contribution in [0, 0.1) is 0 Å². The molecule has 0 radical (unpaired) electrons. The number of amides is 1. The van der Waals surface area contributed by atoms with Crippen LogP contribution in [0.4, 0.5) is 5.69 Å². The molecule has 2 N–H and O–H groups in total. The first kappa shape index (κ1) is 22.3. The van der Waals surface area contributed by atoms with Gasteiger partial charge >= 0.3 is 0 Å². The van der Waals surface area contributed by atoms with E-state index in [0.717, 1.165) is 45.6 Å². The van der Waals surface area contributed by atoms with Gasteiger partial charge in [-0.05, 0) is 62.8 Å². The minimum Gasteiger partial charge on any atom is -0.352 e. The van der Waals surface area contributed by atoms with E-state index in [1.165, 1.54) is 12.1 Å². The molecule has 1 saturated heterocycles. The highest BCUT2D eigenvalue weighted by atomic mass is 32.2. The molecule has 0 saturated carbocycles. The predicted molar refractivity (Wildman–Crippen MR) is 119 cm³/mol. The summed E-state index contributed by atoms with van der Waals surface area (Å²) in [4.78, 5) is 17.3. The largest absolute Gasteiger partial charge is 0.352 e. The molecular weight excluding hydrogens is 400 g/mol. The second kappa shape index (κ2) is 10.6. The van der Waals surface area contributed by atoms with Crippen LogP contribution in [0.3, 0.4) is 0 Å². The molecule has 3 rings (SSSR count). The van der Waals surface area contributed by atoms with E-state index in [2.05, 4.69) is 26.9 Å². The summed E-state index contributed by atoms with van der Waals surface area (Å²) in [5, 5.41) is 2.93. The van der Waals surface area contributed by atoms with Crippen molar-refractivity contribution >= 4 is 21.6 Å². The van der Waals surface area contributed by atoms with E-state index in [1.807, 2.05) is 0 Å². The molecule has 0 spiro atoms. The van der Waals surface area contributed by atoms with Crippen molar-refractivity contribution in [2.75, 3.05) is 51.0 Å². The number of piperazine rings is 1. The monoisotopic (exact) mass is 430 g/mol. The Balaban J connectivity index is 1.40. The fourth-order valence-corrected chi connectivity index (χ4v) is 4.42. The summed E-state index contributed by atoms with van der Waals surface area (Å²) in [7, 11) is -1.49. The van der Waals surface area contributed by atoms with Gasteiger partial charge in [0, 0.05) is 44.0 Å². The van der Waals surface area contributed by atoms with E-state index in [9.17, 15) is 13.2 Å². The molecule has 1 aliphatic rings. The number of unbranched alkanes of at least 4 members (excludes halogenated alkanes) is 1. The van der Waals surface area contributed by atoms with E-state index in [4.69, 9.17) is 0 Å². The summed E-state index contributed by atoms with van der Waals surface area (Å²) < 4.78 is 27.2. The number of carbonyl (C=O) groups is 1. The van der Waals surface area contributed by atoms with Crippen molar-refractivity contribution in [3.05, 3.63) is 60.2 Å². The molecule has 1 fully saturated rings. The third-order valence-corrected chi connectivity index (χ3v) is 6.63. The quantitative estimate of drug-likeness (QED) is 0.597. The van der Waals surface area contributed by atoms with Gasteiger partial charge in [0.15, 0.2) is 0 Å². The second-order valence-electron chi connectivity index (χ2n) is 7.60. The molecule has 30 heavy (non-hydrogen) atoms. The van der Waals surface area contributed by atoms with Gasteiger partial charge in [0.25, 0.3) is 15.9 Å². The van der Waals surface area contributed by atoms with Gasteiger partial charge in [-0.1, -0.05) is 18.2 Å². The van der Waals surface area contributed by atoms with Crippen LogP contribution >= 0.6 is 0 Å². The molecule has 0 bridgehead atoms. The smallest absolute Gasteiger partial charge is 0.261 e. The lowest BCUT2D eigenvalue weighted by Gasteiger charge is -2.32. The van der Waals surface area contributed by atoms with Gasteiger partial charge in [0.2, 0.25) is 0 Å². The SMILES string of the molecule is CN1CCN(CCCCNC(=O)c2ccc(NS(=O)(=O)c3ccccc3)cc2)CC1. The summed E-state index contributed by atoms with van der Waals surface area (Å²) in [6, 6.07) is 14.6. The molecule has 1 amide bonds. The third-order valence-electron chi connectivity index (χ3n) is 5.24. The first-order chi connectivity index (χ1) is 14.4. The standard InChI is InChI=1S/C22H30N4O3S/c1-25-15-17-26(18-16-25)14-6-5-13-23-22(27)19-9-11-20(12-10-19)24-30(28,29)21-7-3-2-4-8-21/h2-4,7-12,24H,5-6,13-18H2,1H3,(H,23,27). The van der Waals surface area contributed by atoms with Gasteiger partial charge in [0.05, 0.1) is 4.90 Å². The number of hydrogen-bond donors (Lipinski definition) is 2. The molecule has 2 aromatic rings. The number of carbonyl (C=O) groups excluding carboxylic acids is 1. The lowest BCUT2D eigenvalue weighted by atomic mass is 10.2. The molecule has 0 aliphatic carbocycles. The first-order valence-electron chi connectivity index (χ1n) is 10.3. The number of anilines is 1. The van der Waals surface area contributed by atoms with Crippen LogP contribution in [-0.2, 0) is 10.0 Å². The molecule has 162 valence electrons. The number of rotatable bonds is 9. The van der Waals surface area contributed by atoms with Gasteiger partial charge in [-0.15, -0.1) is 0 Å². The van der Waals surface area contributed by atoms with Crippen LogP contribution in [-0.4, -0.2) is 70.4 Å². The molecule has 0 atom stereocenters. The van der Waals surface area contributed by atoms with Crippen LogP contribution in [0.1, 0.15) is 23.2 Å². The molecule has 1 heterocycles. The van der Waals surface area contributed by atoms with Crippen molar-refractivity contribution in [1.29, 1.82) is 0 Å². The van der Waals surface area contributed by atoms with Crippen LogP contribution in [0.2, 0.25) is 0 Å². The molecule has 2 aromatic carbocycles. The predicted octanol–water partition coefficient (Wildman–Crippen LogP) is 2.24. The third kappa shape index (κ3) is 6.55. The number of hydrogen-bond acceptors (Lipinski definition) is 5. The van der Waals surface area contributed by atoms with Crippen molar-refractivity contribution in [3.8, 4) is 0 Å². The van der Waals surface area contributed by atoms with Gasteiger partial charge in [-0.25, -0.2) is 8.42 Å². The van der Waals surface area contributed by atoms with Crippen LogP contribution in [0.25, 0.3) is 0 Å². The van der Waals surface area contributed by atoms with Crippen molar-refractivity contribution in [3.63, 3.8) is 0 Å². The highest BCUT2D eigenvalue weighted by Crippen LogP contribution is 2.16. The van der Waals surface area contributed by atoms with Crippen molar-refractivity contribution in [2.24, 2.45) is 0 Å². The first-order valence-corrected chi connectivity index (χ1v) is 11.8. The topological polar surface area (TPSA) is 81.8 Å². The Labute approximate surface area is 179 Å². The second-order valence-corrected chi connectivity index (χ2v) is 9.29. The van der Waals surface area contributed by atoms with Gasteiger partial charge < -0.3 is 15.1 Å². The number of benzene rings is 2. The highest BCUT2D eigenvalue weighted by molar-refractivity contribution is 7.92. The Bertz CT molecular complexity index is 909. The van der Waals surface area contributed by atoms with E-state index in [0.29, 0.717) is 17.8 Å². The van der Waals surface area contributed by atoms with Crippen LogP contribution in [0.5, 0.6) is 0 Å². The van der Waals surface area contributed by atoms with E-state index >= 15 is 0 Å². The fraction of sp³-hybridized carbons (Fsp3) is 0.409. The maximum absolute atomic E-state index is 12.4. The molecule has 0 aromatic heterocycles. The average Bonchev–Trinajstić information content (AvgIpc) is 2.75. The molecule has 7 nitrogen and oxygen atoms in total. The maximum atomic E-state index is 12.4. The average molecular weight is 431 g/mol.